The number of thiophene rings is 1. The maximum atomic E-state index is 13.0. The van der Waals surface area contributed by atoms with Crippen molar-refractivity contribution in [3.05, 3.63) is 58.3 Å². The molecule has 3 unspecified atom stereocenters. The molecule has 1 heterocycles. The van der Waals surface area contributed by atoms with Crippen LogP contribution in [0, 0.1) is 0 Å². The largest absolute Gasteiger partial charge is 0.481 e. The molecule has 0 radical (unpaired) electrons. The van der Waals surface area contributed by atoms with E-state index < -0.39 is 24.9 Å². The third kappa shape index (κ3) is 4.54. The van der Waals surface area contributed by atoms with Gasteiger partial charge in [-0.3, -0.25) is 9.36 Å². The third-order valence-electron chi connectivity index (χ3n) is 3.90. The van der Waals surface area contributed by atoms with Gasteiger partial charge in [0, 0.05) is 0 Å². The molecular weight excluding hydrogens is 331 g/mol. The lowest BCUT2D eigenvalue weighted by molar-refractivity contribution is -0.139. The van der Waals surface area contributed by atoms with Crippen LogP contribution in [0.3, 0.4) is 0 Å². The molecular formula is C17H21O4PS. The molecule has 6 heteroatoms. The number of benzene rings is 1. The van der Waals surface area contributed by atoms with Gasteiger partial charge in [0.25, 0.3) is 0 Å². The van der Waals surface area contributed by atoms with Gasteiger partial charge in [0.05, 0.1) is 17.7 Å². The summed E-state index contributed by atoms with van der Waals surface area (Å²) < 4.78 is 13.0. The van der Waals surface area contributed by atoms with Gasteiger partial charge >= 0.3 is 5.97 Å². The molecule has 0 aliphatic carbocycles. The van der Waals surface area contributed by atoms with E-state index >= 15 is 0 Å². The summed E-state index contributed by atoms with van der Waals surface area (Å²) in [5.41, 5.74) is 0.587. The van der Waals surface area contributed by atoms with Crippen LogP contribution in [0.2, 0.25) is 0 Å². The normalized spacial score (nSPS) is 16.4. The van der Waals surface area contributed by atoms with Crippen molar-refractivity contribution in [3.8, 4) is 0 Å². The number of hydrogen-bond donors (Lipinski definition) is 2. The predicted molar refractivity (Wildman–Crippen MR) is 93.4 cm³/mol. The summed E-state index contributed by atoms with van der Waals surface area (Å²) in [6.07, 6.45) is 1.09. The topological polar surface area (TPSA) is 74.6 Å². The minimum Gasteiger partial charge on any atom is -0.481 e. The second-order valence-corrected chi connectivity index (χ2v) is 8.90. The van der Waals surface area contributed by atoms with E-state index in [-0.39, 0.29) is 6.16 Å². The highest BCUT2D eigenvalue weighted by molar-refractivity contribution is 7.58. The van der Waals surface area contributed by atoms with E-state index in [9.17, 15) is 19.4 Å². The standard InChI is InChI=1S/C17H21O4PS/c1-2-6-15(22(20,21)11-13-9-10-23-12-13)16(17(18)19)14-7-4-3-5-8-14/h3-5,7-10,12,15-16H,2,6,11H2,1H3,(H,18,19)(H,20,21). The number of carbonyl (C=O) groups is 1. The Morgan fingerprint density at radius 2 is 1.96 bits per heavy atom. The van der Waals surface area contributed by atoms with Crippen LogP contribution in [-0.2, 0) is 15.5 Å². The maximum Gasteiger partial charge on any atom is 0.311 e. The van der Waals surface area contributed by atoms with Gasteiger partial charge in [-0.05, 0) is 34.4 Å². The summed E-state index contributed by atoms with van der Waals surface area (Å²) in [5.74, 6) is -2.01. The molecule has 0 bridgehead atoms. The highest BCUT2D eigenvalue weighted by Gasteiger charge is 2.41. The lowest BCUT2D eigenvalue weighted by Crippen LogP contribution is -2.27. The van der Waals surface area contributed by atoms with Crippen molar-refractivity contribution in [3.63, 3.8) is 0 Å². The number of rotatable bonds is 8. The average molecular weight is 352 g/mol. The summed E-state index contributed by atoms with van der Waals surface area (Å²) in [7, 11) is -3.66. The van der Waals surface area contributed by atoms with E-state index in [0.29, 0.717) is 18.4 Å². The maximum absolute atomic E-state index is 13.0. The first-order valence-corrected chi connectivity index (χ1v) is 10.4. The molecule has 0 saturated carbocycles. The van der Waals surface area contributed by atoms with Gasteiger partial charge in [0.1, 0.15) is 0 Å². The van der Waals surface area contributed by atoms with Gasteiger partial charge in [0.2, 0.25) is 7.37 Å². The molecule has 2 N–H and O–H groups in total. The minimum atomic E-state index is -3.66. The van der Waals surface area contributed by atoms with Crippen molar-refractivity contribution in [2.24, 2.45) is 0 Å². The quantitative estimate of drug-likeness (QED) is 0.683. The zero-order valence-corrected chi connectivity index (χ0v) is 14.7. The lowest BCUT2D eigenvalue weighted by Gasteiger charge is -2.28. The van der Waals surface area contributed by atoms with Crippen molar-refractivity contribution in [1.82, 2.24) is 0 Å². The van der Waals surface area contributed by atoms with Crippen molar-refractivity contribution in [1.29, 1.82) is 0 Å². The van der Waals surface area contributed by atoms with E-state index in [4.69, 9.17) is 0 Å². The Labute approximate surface area is 140 Å². The fourth-order valence-corrected chi connectivity index (χ4v) is 6.02. The van der Waals surface area contributed by atoms with E-state index in [1.165, 1.54) is 11.3 Å². The summed E-state index contributed by atoms with van der Waals surface area (Å²) >= 11 is 1.47. The number of aliphatic carboxylic acids is 1. The Balaban J connectivity index is 2.37. The van der Waals surface area contributed by atoms with E-state index in [2.05, 4.69) is 0 Å². The van der Waals surface area contributed by atoms with Crippen LogP contribution in [0.5, 0.6) is 0 Å². The van der Waals surface area contributed by atoms with Gasteiger partial charge in [-0.25, -0.2) is 0 Å². The van der Waals surface area contributed by atoms with Crippen LogP contribution in [0.15, 0.2) is 47.2 Å². The number of carboxylic acids is 1. The first-order valence-electron chi connectivity index (χ1n) is 7.56. The molecule has 2 aromatic rings. The van der Waals surface area contributed by atoms with E-state index in [0.717, 1.165) is 5.56 Å². The Kier molecular flexibility index (Phi) is 6.17. The molecule has 1 aromatic heterocycles. The molecule has 4 nitrogen and oxygen atoms in total. The van der Waals surface area contributed by atoms with Crippen LogP contribution in [0.4, 0.5) is 0 Å². The van der Waals surface area contributed by atoms with Crippen molar-refractivity contribution in [2.45, 2.75) is 37.5 Å². The zero-order chi connectivity index (χ0) is 16.9. The molecule has 0 amide bonds. The average Bonchev–Trinajstić information content (AvgIpc) is 2.99. The lowest BCUT2D eigenvalue weighted by atomic mass is 9.93. The first kappa shape index (κ1) is 17.9. The molecule has 3 atom stereocenters. The Bertz CT molecular complexity index is 669. The molecule has 23 heavy (non-hydrogen) atoms. The highest BCUT2D eigenvalue weighted by Crippen LogP contribution is 2.56. The Morgan fingerprint density at radius 3 is 2.48 bits per heavy atom. The third-order valence-corrected chi connectivity index (χ3v) is 7.04. The summed E-state index contributed by atoms with van der Waals surface area (Å²) in [6, 6.07) is 10.6. The SMILES string of the molecule is CCCC(C(C(=O)O)c1ccccc1)P(=O)(O)Cc1ccsc1. The first-order chi connectivity index (χ1) is 11.0. The van der Waals surface area contributed by atoms with Gasteiger partial charge in [-0.2, -0.15) is 11.3 Å². The van der Waals surface area contributed by atoms with E-state index in [1.54, 1.807) is 30.3 Å². The number of hydrogen-bond acceptors (Lipinski definition) is 3. The van der Waals surface area contributed by atoms with Gasteiger partial charge in [-0.1, -0.05) is 43.7 Å². The molecule has 0 fully saturated rings. The van der Waals surface area contributed by atoms with Crippen LogP contribution in [0.1, 0.15) is 36.8 Å². The van der Waals surface area contributed by atoms with Crippen molar-refractivity contribution < 1.29 is 19.4 Å². The zero-order valence-electron chi connectivity index (χ0n) is 13.0. The summed E-state index contributed by atoms with van der Waals surface area (Å²) in [5, 5.41) is 13.4. The second-order valence-electron chi connectivity index (χ2n) is 5.63. The summed E-state index contributed by atoms with van der Waals surface area (Å²) in [6.45, 7) is 1.90. The molecule has 0 aliphatic rings. The van der Waals surface area contributed by atoms with Gasteiger partial charge in [-0.15, -0.1) is 0 Å². The molecule has 124 valence electrons. The highest BCUT2D eigenvalue weighted by atomic mass is 32.1. The molecule has 0 spiro atoms. The monoisotopic (exact) mass is 352 g/mol. The molecule has 0 saturated heterocycles. The van der Waals surface area contributed by atoms with Crippen LogP contribution < -0.4 is 0 Å². The summed E-state index contributed by atoms with van der Waals surface area (Å²) in [4.78, 5) is 22.5. The second kappa shape index (κ2) is 7.91. The predicted octanol–water partition coefficient (Wildman–Crippen LogP) is 4.56. The molecule has 1 aromatic carbocycles. The van der Waals surface area contributed by atoms with E-state index in [1.807, 2.05) is 23.8 Å². The molecule has 2 rings (SSSR count). The fraction of sp³-hybridized carbons (Fsp3) is 0.353. The molecule has 0 aliphatic heterocycles. The van der Waals surface area contributed by atoms with Crippen molar-refractivity contribution >= 4 is 24.7 Å². The smallest absolute Gasteiger partial charge is 0.311 e. The van der Waals surface area contributed by atoms with Gasteiger partial charge in [0.15, 0.2) is 0 Å². The Hall–Kier alpha value is -1.42. The van der Waals surface area contributed by atoms with Gasteiger partial charge < -0.3 is 10.00 Å². The van der Waals surface area contributed by atoms with Crippen LogP contribution in [0.25, 0.3) is 0 Å². The number of carboxylic acid groups (broad SMARTS) is 1. The minimum absolute atomic E-state index is 0.0256. The Morgan fingerprint density at radius 1 is 1.26 bits per heavy atom. The fourth-order valence-electron chi connectivity index (χ4n) is 2.85. The van der Waals surface area contributed by atoms with Crippen LogP contribution >= 0.6 is 18.7 Å². The van der Waals surface area contributed by atoms with Crippen molar-refractivity contribution in [2.75, 3.05) is 0 Å². The van der Waals surface area contributed by atoms with Crippen LogP contribution in [-0.4, -0.2) is 21.6 Å².